The molecule has 0 radical (unpaired) electrons. The second-order valence-electron chi connectivity index (χ2n) is 4.57. The molecule has 19 heavy (non-hydrogen) atoms. The van der Waals surface area contributed by atoms with Crippen molar-refractivity contribution in [2.75, 3.05) is 5.32 Å². The fourth-order valence-electron chi connectivity index (χ4n) is 2.02. The molecule has 0 aliphatic rings. The first-order valence-electron chi connectivity index (χ1n) is 6.02. The molecule has 4 heteroatoms. The highest BCUT2D eigenvalue weighted by Gasteiger charge is 2.06. The lowest BCUT2D eigenvalue weighted by Crippen LogP contribution is -1.92. The maximum atomic E-state index is 5.97. The number of rotatable bonds is 2. The lowest BCUT2D eigenvalue weighted by Gasteiger charge is -2.06. The van der Waals surface area contributed by atoms with Gasteiger partial charge in [0.25, 0.3) is 0 Å². The Morgan fingerprint density at radius 2 is 1.95 bits per heavy atom. The van der Waals surface area contributed by atoms with Gasteiger partial charge in [-0.15, -0.1) is 0 Å². The number of halogens is 1. The van der Waals surface area contributed by atoms with Crippen molar-refractivity contribution >= 4 is 44.0 Å². The van der Waals surface area contributed by atoms with Crippen molar-refractivity contribution in [2.24, 2.45) is 0 Å². The van der Waals surface area contributed by atoms with Gasteiger partial charge < -0.3 is 5.32 Å². The Morgan fingerprint density at radius 3 is 2.74 bits per heavy atom. The normalized spacial score (nSPS) is 10.9. The van der Waals surface area contributed by atoms with Gasteiger partial charge in [-0.2, -0.15) is 0 Å². The fourth-order valence-corrected chi connectivity index (χ4v) is 3.05. The predicted molar refractivity (Wildman–Crippen MR) is 83.8 cm³/mol. The van der Waals surface area contributed by atoms with E-state index < -0.39 is 0 Å². The lowest BCUT2D eigenvalue weighted by molar-refractivity contribution is 1.35. The van der Waals surface area contributed by atoms with E-state index in [-0.39, 0.29) is 0 Å². The van der Waals surface area contributed by atoms with Crippen LogP contribution in [0.15, 0.2) is 36.4 Å². The number of nitrogens with zero attached hydrogens (tertiary/aromatic N) is 1. The monoisotopic (exact) mass is 288 g/mol. The quantitative estimate of drug-likeness (QED) is 0.691. The van der Waals surface area contributed by atoms with E-state index in [0.29, 0.717) is 0 Å². The van der Waals surface area contributed by atoms with E-state index in [1.165, 1.54) is 11.1 Å². The number of nitrogens with one attached hydrogen (secondary N) is 1. The smallest absolute Gasteiger partial charge is 0.188 e. The first kappa shape index (κ1) is 12.5. The van der Waals surface area contributed by atoms with Crippen LogP contribution in [0.1, 0.15) is 11.1 Å². The number of aryl methyl sites for hydroxylation is 2. The number of anilines is 2. The summed E-state index contributed by atoms with van der Waals surface area (Å²) >= 11 is 7.61. The maximum Gasteiger partial charge on any atom is 0.188 e. The topological polar surface area (TPSA) is 24.9 Å². The van der Waals surface area contributed by atoms with Crippen LogP contribution in [0.5, 0.6) is 0 Å². The molecule has 3 rings (SSSR count). The van der Waals surface area contributed by atoms with Crippen LogP contribution in [0.2, 0.25) is 5.02 Å². The van der Waals surface area contributed by atoms with Gasteiger partial charge in [0.05, 0.1) is 10.2 Å². The van der Waals surface area contributed by atoms with Crippen LogP contribution >= 0.6 is 22.9 Å². The molecule has 0 bridgehead atoms. The van der Waals surface area contributed by atoms with Gasteiger partial charge in [-0.05, 0) is 43.7 Å². The zero-order valence-electron chi connectivity index (χ0n) is 10.7. The number of hydrogen-bond donors (Lipinski definition) is 1. The van der Waals surface area contributed by atoms with Gasteiger partial charge in [-0.3, -0.25) is 0 Å². The van der Waals surface area contributed by atoms with Crippen LogP contribution < -0.4 is 5.32 Å². The van der Waals surface area contributed by atoms with Crippen molar-refractivity contribution < 1.29 is 0 Å². The maximum absolute atomic E-state index is 5.97. The molecular weight excluding hydrogens is 276 g/mol. The number of thiazole rings is 1. The molecule has 2 nitrogen and oxygen atoms in total. The second-order valence-corrected chi connectivity index (χ2v) is 6.04. The lowest BCUT2D eigenvalue weighted by atomic mass is 10.1. The zero-order chi connectivity index (χ0) is 13.4. The Labute approximate surface area is 121 Å². The Morgan fingerprint density at radius 1 is 1.11 bits per heavy atom. The van der Waals surface area contributed by atoms with Crippen molar-refractivity contribution in [3.05, 3.63) is 52.5 Å². The molecule has 1 N–H and O–H groups in total. The summed E-state index contributed by atoms with van der Waals surface area (Å²) in [6.45, 7) is 4.19. The van der Waals surface area contributed by atoms with Gasteiger partial charge in [0, 0.05) is 10.7 Å². The van der Waals surface area contributed by atoms with E-state index >= 15 is 0 Å². The summed E-state index contributed by atoms with van der Waals surface area (Å²) in [5, 5.41) is 4.98. The van der Waals surface area contributed by atoms with Crippen LogP contribution in [-0.4, -0.2) is 4.98 Å². The van der Waals surface area contributed by atoms with E-state index in [0.717, 1.165) is 26.1 Å². The Bertz CT molecular complexity index is 749. The summed E-state index contributed by atoms with van der Waals surface area (Å²) in [6.07, 6.45) is 0. The predicted octanol–water partition coefficient (Wildman–Crippen LogP) is 5.31. The molecule has 2 aromatic carbocycles. The summed E-state index contributed by atoms with van der Waals surface area (Å²) in [6, 6.07) is 12.1. The summed E-state index contributed by atoms with van der Waals surface area (Å²) < 4.78 is 1.14. The van der Waals surface area contributed by atoms with E-state index in [4.69, 9.17) is 11.6 Å². The van der Waals surface area contributed by atoms with Gasteiger partial charge in [-0.1, -0.05) is 40.6 Å². The third kappa shape index (κ3) is 2.57. The molecule has 0 aliphatic carbocycles. The SMILES string of the molecule is Cc1ccc(Nc2nc3cc(Cl)ccc3s2)c(C)c1. The largest absolute Gasteiger partial charge is 0.331 e. The minimum atomic E-state index is 0.718. The summed E-state index contributed by atoms with van der Waals surface area (Å²) in [5.41, 5.74) is 4.51. The summed E-state index contributed by atoms with van der Waals surface area (Å²) in [4.78, 5) is 4.56. The van der Waals surface area contributed by atoms with Gasteiger partial charge in [0.2, 0.25) is 0 Å². The highest BCUT2D eigenvalue weighted by atomic mass is 35.5. The van der Waals surface area contributed by atoms with Gasteiger partial charge in [-0.25, -0.2) is 4.98 Å². The molecule has 0 unspecified atom stereocenters. The first-order valence-corrected chi connectivity index (χ1v) is 7.21. The average molecular weight is 289 g/mol. The molecule has 0 spiro atoms. The molecule has 0 saturated heterocycles. The first-order chi connectivity index (χ1) is 9.11. The second kappa shape index (κ2) is 4.83. The van der Waals surface area contributed by atoms with Crippen LogP contribution in [0.4, 0.5) is 10.8 Å². The molecule has 96 valence electrons. The number of aromatic nitrogens is 1. The molecule has 0 saturated carbocycles. The number of fused-ring (bicyclic) bond motifs is 1. The molecule has 1 aromatic heterocycles. The van der Waals surface area contributed by atoms with Crippen molar-refractivity contribution in [3.63, 3.8) is 0 Å². The molecular formula is C15H13ClN2S. The molecule has 0 atom stereocenters. The minimum absolute atomic E-state index is 0.718. The van der Waals surface area contributed by atoms with Crippen LogP contribution in [-0.2, 0) is 0 Å². The number of benzene rings is 2. The van der Waals surface area contributed by atoms with Gasteiger partial charge in [0.1, 0.15) is 0 Å². The minimum Gasteiger partial charge on any atom is -0.331 e. The Hall–Kier alpha value is -1.58. The Kier molecular flexibility index (Phi) is 3.17. The van der Waals surface area contributed by atoms with Gasteiger partial charge >= 0.3 is 0 Å². The van der Waals surface area contributed by atoms with Crippen LogP contribution in [0.3, 0.4) is 0 Å². The van der Waals surface area contributed by atoms with Crippen LogP contribution in [0.25, 0.3) is 10.2 Å². The molecule has 0 amide bonds. The molecule has 1 heterocycles. The van der Waals surface area contributed by atoms with Crippen molar-refractivity contribution in [3.8, 4) is 0 Å². The standard InChI is InChI=1S/C15H13ClN2S/c1-9-3-5-12(10(2)7-9)17-15-18-13-8-11(16)4-6-14(13)19-15/h3-8H,1-2H3,(H,17,18). The zero-order valence-corrected chi connectivity index (χ0v) is 12.3. The van der Waals surface area contributed by atoms with E-state index in [1.807, 2.05) is 18.2 Å². The van der Waals surface area contributed by atoms with Crippen LogP contribution in [0, 0.1) is 13.8 Å². The summed E-state index contributed by atoms with van der Waals surface area (Å²) in [7, 11) is 0. The van der Waals surface area contributed by atoms with E-state index in [1.54, 1.807) is 11.3 Å². The third-order valence-electron chi connectivity index (χ3n) is 2.97. The average Bonchev–Trinajstić information content (AvgIpc) is 2.74. The highest BCUT2D eigenvalue weighted by molar-refractivity contribution is 7.22. The highest BCUT2D eigenvalue weighted by Crippen LogP contribution is 2.30. The third-order valence-corrected chi connectivity index (χ3v) is 4.16. The molecule has 0 aliphatic heterocycles. The van der Waals surface area contributed by atoms with E-state index in [2.05, 4.69) is 42.3 Å². The number of hydrogen-bond acceptors (Lipinski definition) is 3. The Balaban J connectivity index is 1.96. The molecule has 3 aromatic rings. The van der Waals surface area contributed by atoms with Crippen molar-refractivity contribution in [1.82, 2.24) is 4.98 Å². The summed E-state index contributed by atoms with van der Waals surface area (Å²) in [5.74, 6) is 0. The fraction of sp³-hybridized carbons (Fsp3) is 0.133. The van der Waals surface area contributed by atoms with Gasteiger partial charge in [0.15, 0.2) is 5.13 Å². The van der Waals surface area contributed by atoms with Crippen molar-refractivity contribution in [1.29, 1.82) is 0 Å². The molecule has 0 fully saturated rings. The van der Waals surface area contributed by atoms with Crippen molar-refractivity contribution in [2.45, 2.75) is 13.8 Å². The van der Waals surface area contributed by atoms with E-state index in [9.17, 15) is 0 Å².